The second kappa shape index (κ2) is 8.19. The lowest BCUT2D eigenvalue weighted by atomic mass is 10.0. The summed E-state index contributed by atoms with van der Waals surface area (Å²) in [6.45, 7) is 1.04. The molecular formula is C23H18F3N3O2. The van der Waals surface area contributed by atoms with E-state index in [4.69, 9.17) is 0 Å². The zero-order chi connectivity index (χ0) is 22.0. The van der Waals surface area contributed by atoms with Crippen LogP contribution in [-0.2, 0) is 11.2 Å². The van der Waals surface area contributed by atoms with Crippen molar-refractivity contribution in [1.29, 1.82) is 5.26 Å². The summed E-state index contributed by atoms with van der Waals surface area (Å²) in [5, 5.41) is 14.4. The molecule has 158 valence electrons. The summed E-state index contributed by atoms with van der Waals surface area (Å²) in [5.74, 6) is -0.706. The lowest BCUT2D eigenvalue weighted by molar-refractivity contribution is -0.274. The largest absolute Gasteiger partial charge is 0.573 e. The first-order valence-electron chi connectivity index (χ1n) is 9.71. The third-order valence-corrected chi connectivity index (χ3v) is 5.16. The number of benzene rings is 3. The van der Waals surface area contributed by atoms with Crippen LogP contribution in [0.2, 0.25) is 0 Å². The van der Waals surface area contributed by atoms with Crippen molar-refractivity contribution in [2.75, 3.05) is 18.1 Å². The highest BCUT2D eigenvalue weighted by Gasteiger charge is 2.33. The van der Waals surface area contributed by atoms with Crippen LogP contribution >= 0.6 is 0 Å². The average Bonchev–Trinajstić information content (AvgIpc) is 3.23. The van der Waals surface area contributed by atoms with Gasteiger partial charge in [-0.3, -0.25) is 14.8 Å². The number of anilines is 1. The van der Waals surface area contributed by atoms with E-state index in [0.717, 1.165) is 22.9 Å². The molecule has 0 atom stereocenters. The van der Waals surface area contributed by atoms with Gasteiger partial charge in [-0.15, -0.1) is 13.2 Å². The third-order valence-electron chi connectivity index (χ3n) is 5.16. The molecule has 5 nitrogen and oxygen atoms in total. The van der Waals surface area contributed by atoms with Gasteiger partial charge in [0, 0.05) is 29.4 Å². The van der Waals surface area contributed by atoms with Crippen LogP contribution in [0.25, 0.3) is 10.8 Å². The summed E-state index contributed by atoms with van der Waals surface area (Å²) in [6, 6.07) is 18.8. The molecule has 31 heavy (non-hydrogen) atoms. The number of hydrazine groups is 1. The van der Waals surface area contributed by atoms with E-state index in [0.29, 0.717) is 18.7 Å². The topological polar surface area (TPSA) is 56.6 Å². The molecule has 1 aliphatic heterocycles. The van der Waals surface area contributed by atoms with E-state index in [1.165, 1.54) is 18.2 Å². The first kappa shape index (κ1) is 20.5. The maximum absolute atomic E-state index is 13.1. The molecule has 0 bridgehead atoms. The number of halogens is 3. The minimum absolute atomic E-state index is 0.168. The van der Waals surface area contributed by atoms with E-state index in [2.05, 4.69) is 10.8 Å². The Balaban J connectivity index is 1.63. The summed E-state index contributed by atoms with van der Waals surface area (Å²) in [4.78, 5) is 13.1. The molecule has 3 aromatic carbocycles. The van der Waals surface area contributed by atoms with E-state index in [-0.39, 0.29) is 23.6 Å². The molecule has 0 unspecified atom stereocenters. The van der Waals surface area contributed by atoms with Crippen LogP contribution in [0.1, 0.15) is 17.5 Å². The molecule has 0 spiro atoms. The smallest absolute Gasteiger partial charge is 0.405 e. The Morgan fingerprint density at radius 2 is 1.71 bits per heavy atom. The number of para-hydroxylation sites is 1. The molecule has 1 fully saturated rings. The minimum atomic E-state index is -4.83. The van der Waals surface area contributed by atoms with Gasteiger partial charge in [0.25, 0.3) is 0 Å². The first-order chi connectivity index (χ1) is 14.9. The fourth-order valence-electron chi connectivity index (χ4n) is 3.86. The molecule has 0 saturated carbocycles. The number of rotatable bonds is 4. The SMILES string of the molecule is N#Cc1ccc(N2CCCN2C(=O)Cc2ccccc2OC(F)(F)F)c2ccccc12. The quantitative estimate of drug-likeness (QED) is 0.602. The number of carbonyl (C=O) groups is 1. The lowest BCUT2D eigenvalue weighted by Crippen LogP contribution is -2.42. The van der Waals surface area contributed by atoms with Crippen molar-refractivity contribution in [1.82, 2.24) is 5.01 Å². The summed E-state index contributed by atoms with van der Waals surface area (Å²) >= 11 is 0. The van der Waals surface area contributed by atoms with Gasteiger partial charge < -0.3 is 4.74 Å². The van der Waals surface area contributed by atoms with Crippen LogP contribution in [0, 0.1) is 11.3 Å². The van der Waals surface area contributed by atoms with Gasteiger partial charge in [-0.1, -0.05) is 42.5 Å². The highest BCUT2D eigenvalue weighted by molar-refractivity contribution is 5.98. The van der Waals surface area contributed by atoms with E-state index >= 15 is 0 Å². The average molecular weight is 425 g/mol. The summed E-state index contributed by atoms with van der Waals surface area (Å²) in [7, 11) is 0. The van der Waals surface area contributed by atoms with Crippen LogP contribution in [0.5, 0.6) is 5.75 Å². The van der Waals surface area contributed by atoms with Crippen LogP contribution < -0.4 is 9.75 Å². The molecule has 0 aliphatic carbocycles. The number of carbonyl (C=O) groups excluding carboxylic acids is 1. The van der Waals surface area contributed by atoms with E-state index in [1.54, 1.807) is 23.2 Å². The van der Waals surface area contributed by atoms with E-state index < -0.39 is 6.36 Å². The fourth-order valence-corrected chi connectivity index (χ4v) is 3.86. The normalized spacial score (nSPS) is 14.0. The van der Waals surface area contributed by atoms with Crippen LogP contribution in [0.15, 0.2) is 60.7 Å². The van der Waals surface area contributed by atoms with Crippen molar-refractivity contribution in [3.63, 3.8) is 0 Å². The molecule has 8 heteroatoms. The number of hydrogen-bond donors (Lipinski definition) is 0. The van der Waals surface area contributed by atoms with Gasteiger partial charge in [0.15, 0.2) is 0 Å². The summed E-state index contributed by atoms with van der Waals surface area (Å²) < 4.78 is 42.2. The zero-order valence-electron chi connectivity index (χ0n) is 16.4. The Kier molecular flexibility index (Phi) is 5.42. The second-order valence-electron chi connectivity index (χ2n) is 7.12. The Hall–Kier alpha value is -3.73. The first-order valence-corrected chi connectivity index (χ1v) is 9.71. The van der Waals surface area contributed by atoms with Crippen molar-refractivity contribution in [2.24, 2.45) is 0 Å². The molecule has 1 heterocycles. The number of hydrogen-bond acceptors (Lipinski definition) is 4. The van der Waals surface area contributed by atoms with E-state index in [1.807, 2.05) is 29.3 Å². The fraction of sp³-hybridized carbons (Fsp3) is 0.217. The monoisotopic (exact) mass is 425 g/mol. The van der Waals surface area contributed by atoms with Crippen molar-refractivity contribution < 1.29 is 22.7 Å². The van der Waals surface area contributed by atoms with Crippen molar-refractivity contribution in [3.05, 3.63) is 71.8 Å². The number of ether oxygens (including phenoxy) is 1. The summed E-state index contributed by atoms with van der Waals surface area (Å²) in [6.07, 6.45) is -4.34. The number of amides is 1. The second-order valence-corrected chi connectivity index (χ2v) is 7.12. The van der Waals surface area contributed by atoms with Gasteiger partial charge in [0.05, 0.1) is 23.7 Å². The predicted molar refractivity (Wildman–Crippen MR) is 109 cm³/mol. The minimum Gasteiger partial charge on any atom is -0.405 e. The molecule has 4 rings (SSSR count). The zero-order valence-corrected chi connectivity index (χ0v) is 16.4. The van der Waals surface area contributed by atoms with Gasteiger partial charge in [0.2, 0.25) is 5.91 Å². The van der Waals surface area contributed by atoms with Crippen LogP contribution in [0.3, 0.4) is 0 Å². The molecule has 1 aliphatic rings. The summed E-state index contributed by atoms with van der Waals surface area (Å²) in [5.41, 5.74) is 1.48. The van der Waals surface area contributed by atoms with Gasteiger partial charge in [0.1, 0.15) is 5.75 Å². The Morgan fingerprint density at radius 3 is 2.45 bits per heavy atom. The number of nitriles is 1. The predicted octanol–water partition coefficient (Wildman–Crippen LogP) is 4.81. The Bertz CT molecular complexity index is 1170. The molecule has 0 aromatic heterocycles. The van der Waals surface area contributed by atoms with E-state index in [9.17, 15) is 23.2 Å². The molecule has 1 amide bonds. The molecule has 1 saturated heterocycles. The van der Waals surface area contributed by atoms with Gasteiger partial charge in [-0.25, -0.2) is 0 Å². The highest BCUT2D eigenvalue weighted by atomic mass is 19.4. The lowest BCUT2D eigenvalue weighted by Gasteiger charge is -2.31. The standard InChI is InChI=1S/C23H18F3N3O2/c24-23(25,26)31-21-9-4-1-6-16(21)14-22(30)29-13-5-12-28(29)20-11-10-17(15-27)18-7-2-3-8-19(18)20/h1-4,6-11H,5,12-14H2. The maximum Gasteiger partial charge on any atom is 0.573 e. The van der Waals surface area contributed by atoms with Gasteiger partial charge in [-0.05, 0) is 24.6 Å². The number of alkyl halides is 3. The number of nitrogens with zero attached hydrogens (tertiary/aromatic N) is 3. The molecule has 3 aromatic rings. The highest BCUT2D eigenvalue weighted by Crippen LogP contribution is 2.33. The maximum atomic E-state index is 13.1. The molecule has 0 N–H and O–H groups in total. The third kappa shape index (κ3) is 4.26. The van der Waals surface area contributed by atoms with Crippen molar-refractivity contribution in [3.8, 4) is 11.8 Å². The molecule has 0 radical (unpaired) electrons. The van der Waals surface area contributed by atoms with Crippen molar-refractivity contribution in [2.45, 2.75) is 19.2 Å². The Morgan fingerprint density at radius 1 is 1.00 bits per heavy atom. The van der Waals surface area contributed by atoms with Crippen LogP contribution in [0.4, 0.5) is 18.9 Å². The van der Waals surface area contributed by atoms with Crippen molar-refractivity contribution >= 4 is 22.4 Å². The Labute approximate surface area is 176 Å². The van der Waals surface area contributed by atoms with Gasteiger partial charge >= 0.3 is 6.36 Å². The van der Waals surface area contributed by atoms with Crippen LogP contribution in [-0.4, -0.2) is 30.4 Å². The molecular weight excluding hydrogens is 407 g/mol. The number of fused-ring (bicyclic) bond motifs is 1. The van der Waals surface area contributed by atoms with Gasteiger partial charge in [-0.2, -0.15) is 5.26 Å².